The van der Waals surface area contributed by atoms with Crippen molar-refractivity contribution in [1.29, 1.82) is 0 Å². The normalized spacial score (nSPS) is 40.1. The highest BCUT2D eigenvalue weighted by Gasteiger charge is 2.40. The maximum atomic E-state index is 5.39. The van der Waals surface area contributed by atoms with E-state index in [1.807, 2.05) is 7.11 Å². The topological polar surface area (TPSA) is 24.5 Å². The number of nitrogens with one attached hydrogen (secondary N) is 1. The highest BCUT2D eigenvalue weighted by atomic mass is 16.5. The molecule has 0 bridgehead atoms. The van der Waals surface area contributed by atoms with Crippen molar-refractivity contribution in [2.45, 2.75) is 64.8 Å². The van der Waals surface area contributed by atoms with Crippen LogP contribution in [0.1, 0.15) is 40.5 Å². The van der Waals surface area contributed by atoms with Gasteiger partial charge in [-0.2, -0.15) is 0 Å². The molecule has 0 aromatic rings. The third-order valence-electron chi connectivity index (χ3n) is 4.54. The molecule has 1 saturated heterocycles. The number of hydrogen-bond donors (Lipinski definition) is 1. The number of hydrogen-bond acceptors (Lipinski definition) is 3. The van der Waals surface area contributed by atoms with Crippen molar-refractivity contribution < 1.29 is 4.74 Å². The summed E-state index contributed by atoms with van der Waals surface area (Å²) in [6, 6.07) is 2.03. The summed E-state index contributed by atoms with van der Waals surface area (Å²) in [5.74, 6) is 0. The number of piperazine rings is 1. The first-order valence-corrected chi connectivity index (χ1v) is 6.93. The van der Waals surface area contributed by atoms with E-state index in [1.165, 1.54) is 19.4 Å². The molecule has 0 aromatic carbocycles. The van der Waals surface area contributed by atoms with E-state index in [1.54, 1.807) is 0 Å². The molecular weight excluding hydrogens is 212 g/mol. The monoisotopic (exact) mass is 240 g/mol. The summed E-state index contributed by atoms with van der Waals surface area (Å²) in [6.07, 6.45) is 2.95. The molecule has 1 aliphatic carbocycles. The lowest BCUT2D eigenvalue weighted by Crippen LogP contribution is -2.64. The van der Waals surface area contributed by atoms with Crippen molar-refractivity contribution in [3.63, 3.8) is 0 Å². The lowest BCUT2D eigenvalue weighted by Gasteiger charge is -2.51. The van der Waals surface area contributed by atoms with Gasteiger partial charge in [0, 0.05) is 38.3 Å². The van der Waals surface area contributed by atoms with Crippen LogP contribution in [0.25, 0.3) is 0 Å². The van der Waals surface area contributed by atoms with Gasteiger partial charge in [-0.25, -0.2) is 0 Å². The molecule has 0 spiro atoms. The van der Waals surface area contributed by atoms with Crippen LogP contribution in [0.4, 0.5) is 0 Å². The molecule has 1 aliphatic heterocycles. The lowest BCUT2D eigenvalue weighted by molar-refractivity contribution is -0.0555. The van der Waals surface area contributed by atoms with Crippen LogP contribution in [0.3, 0.4) is 0 Å². The standard InChI is InChI=1S/C14H28N2O/c1-10-8-15-13(14(2,3)4)9-16(10)11-6-12(7-11)17-5/h10-13,15H,6-9H2,1-5H3. The zero-order valence-corrected chi connectivity index (χ0v) is 12.0. The van der Waals surface area contributed by atoms with Crippen molar-refractivity contribution in [3.05, 3.63) is 0 Å². The Balaban J connectivity index is 1.92. The number of nitrogens with zero attached hydrogens (tertiary/aromatic N) is 1. The summed E-state index contributed by atoms with van der Waals surface area (Å²) in [4.78, 5) is 2.70. The Morgan fingerprint density at radius 2 is 1.88 bits per heavy atom. The van der Waals surface area contributed by atoms with E-state index in [2.05, 4.69) is 37.9 Å². The molecule has 2 rings (SSSR count). The third kappa shape index (κ3) is 2.83. The van der Waals surface area contributed by atoms with Crippen molar-refractivity contribution >= 4 is 0 Å². The molecule has 17 heavy (non-hydrogen) atoms. The molecule has 0 radical (unpaired) electrons. The molecule has 1 saturated carbocycles. The van der Waals surface area contributed by atoms with E-state index in [0.29, 0.717) is 23.6 Å². The summed E-state index contributed by atoms with van der Waals surface area (Å²) in [5, 5.41) is 3.69. The van der Waals surface area contributed by atoms with E-state index in [4.69, 9.17) is 4.74 Å². The van der Waals surface area contributed by atoms with E-state index in [-0.39, 0.29) is 0 Å². The van der Waals surface area contributed by atoms with Crippen LogP contribution in [-0.2, 0) is 4.74 Å². The molecule has 100 valence electrons. The minimum absolute atomic E-state index is 0.350. The lowest BCUT2D eigenvalue weighted by atomic mass is 9.81. The Morgan fingerprint density at radius 3 is 2.41 bits per heavy atom. The van der Waals surface area contributed by atoms with Gasteiger partial charge in [0.05, 0.1) is 6.10 Å². The number of ether oxygens (including phenoxy) is 1. The first-order valence-electron chi connectivity index (χ1n) is 6.93. The molecule has 3 nitrogen and oxygen atoms in total. The van der Waals surface area contributed by atoms with Crippen LogP contribution in [0.15, 0.2) is 0 Å². The van der Waals surface area contributed by atoms with Crippen molar-refractivity contribution in [2.24, 2.45) is 5.41 Å². The van der Waals surface area contributed by atoms with Gasteiger partial charge >= 0.3 is 0 Å². The van der Waals surface area contributed by atoms with Gasteiger partial charge in [-0.1, -0.05) is 20.8 Å². The van der Waals surface area contributed by atoms with E-state index < -0.39 is 0 Å². The second-order valence-electron chi connectivity index (χ2n) is 6.86. The van der Waals surface area contributed by atoms with Gasteiger partial charge in [0.2, 0.25) is 0 Å². The third-order valence-corrected chi connectivity index (χ3v) is 4.54. The van der Waals surface area contributed by atoms with Crippen LogP contribution in [0.5, 0.6) is 0 Å². The molecule has 2 unspecified atom stereocenters. The smallest absolute Gasteiger partial charge is 0.0601 e. The van der Waals surface area contributed by atoms with E-state index >= 15 is 0 Å². The minimum Gasteiger partial charge on any atom is -0.381 e. The summed E-state index contributed by atoms with van der Waals surface area (Å²) >= 11 is 0. The highest BCUT2D eigenvalue weighted by molar-refractivity contribution is 4.97. The van der Waals surface area contributed by atoms with Crippen LogP contribution >= 0.6 is 0 Å². The fourth-order valence-electron chi connectivity index (χ4n) is 2.98. The first kappa shape index (κ1) is 13.3. The van der Waals surface area contributed by atoms with Gasteiger partial charge < -0.3 is 10.1 Å². The largest absolute Gasteiger partial charge is 0.381 e. The predicted octanol–water partition coefficient (Wildman–Crippen LogP) is 1.87. The molecule has 0 amide bonds. The zero-order chi connectivity index (χ0) is 12.6. The Bertz CT molecular complexity index is 255. The average Bonchev–Trinajstić information content (AvgIpc) is 2.17. The van der Waals surface area contributed by atoms with Gasteiger partial charge in [0.1, 0.15) is 0 Å². The van der Waals surface area contributed by atoms with Gasteiger partial charge in [-0.05, 0) is 25.2 Å². The van der Waals surface area contributed by atoms with Crippen LogP contribution < -0.4 is 5.32 Å². The van der Waals surface area contributed by atoms with Gasteiger partial charge in [0.15, 0.2) is 0 Å². The van der Waals surface area contributed by atoms with Crippen LogP contribution in [-0.4, -0.2) is 49.3 Å². The van der Waals surface area contributed by atoms with Gasteiger partial charge in [0.25, 0.3) is 0 Å². The van der Waals surface area contributed by atoms with E-state index in [0.717, 1.165) is 12.6 Å². The molecule has 3 heteroatoms. The van der Waals surface area contributed by atoms with Crippen LogP contribution in [0, 0.1) is 5.41 Å². The summed E-state index contributed by atoms with van der Waals surface area (Å²) < 4.78 is 5.39. The summed E-state index contributed by atoms with van der Waals surface area (Å²) in [6.45, 7) is 11.6. The maximum Gasteiger partial charge on any atom is 0.0601 e. The summed E-state index contributed by atoms with van der Waals surface area (Å²) in [7, 11) is 1.83. The first-order chi connectivity index (χ1) is 7.91. The fraction of sp³-hybridized carbons (Fsp3) is 1.00. The Hall–Kier alpha value is -0.120. The summed E-state index contributed by atoms with van der Waals surface area (Å²) in [5.41, 5.74) is 0.350. The molecule has 1 N–H and O–H groups in total. The molecular formula is C14H28N2O. The van der Waals surface area contributed by atoms with E-state index in [9.17, 15) is 0 Å². The SMILES string of the molecule is COC1CC(N2CC(C(C)(C)C)NCC2C)C1. The maximum absolute atomic E-state index is 5.39. The molecule has 2 aliphatic rings. The quantitative estimate of drug-likeness (QED) is 0.797. The molecule has 0 aromatic heterocycles. The van der Waals surface area contributed by atoms with Gasteiger partial charge in [-0.15, -0.1) is 0 Å². The molecule has 2 atom stereocenters. The van der Waals surface area contributed by atoms with Crippen molar-refractivity contribution in [1.82, 2.24) is 10.2 Å². The zero-order valence-electron chi connectivity index (χ0n) is 12.0. The molecule has 1 heterocycles. The Morgan fingerprint density at radius 1 is 1.24 bits per heavy atom. The van der Waals surface area contributed by atoms with Crippen LogP contribution in [0.2, 0.25) is 0 Å². The highest BCUT2D eigenvalue weighted by Crippen LogP contribution is 2.32. The van der Waals surface area contributed by atoms with Gasteiger partial charge in [-0.3, -0.25) is 4.90 Å². The van der Waals surface area contributed by atoms with Crippen molar-refractivity contribution in [2.75, 3.05) is 20.2 Å². The van der Waals surface area contributed by atoms with Crippen molar-refractivity contribution in [3.8, 4) is 0 Å². The number of rotatable bonds is 2. The number of methoxy groups -OCH3 is 1. The Kier molecular flexibility index (Phi) is 3.81. The Labute approximate surface area is 106 Å². The minimum atomic E-state index is 0.350. The average molecular weight is 240 g/mol. The second-order valence-corrected chi connectivity index (χ2v) is 6.86. The molecule has 2 fully saturated rings. The fourth-order valence-corrected chi connectivity index (χ4v) is 2.98. The second kappa shape index (κ2) is 4.87. The predicted molar refractivity (Wildman–Crippen MR) is 71.2 cm³/mol.